The first-order valence-corrected chi connectivity index (χ1v) is 5.83. The van der Waals surface area contributed by atoms with E-state index in [0.29, 0.717) is 0 Å². The van der Waals surface area contributed by atoms with Gasteiger partial charge in [0.05, 0.1) is 10.5 Å². The molecule has 17 heavy (non-hydrogen) atoms. The summed E-state index contributed by atoms with van der Waals surface area (Å²) in [5.41, 5.74) is 3.23. The molecule has 1 aromatic heterocycles. The second kappa shape index (κ2) is 4.19. The van der Waals surface area contributed by atoms with Crippen molar-refractivity contribution < 1.29 is 0 Å². The Morgan fingerprint density at radius 3 is 2.47 bits per heavy atom. The van der Waals surface area contributed by atoms with Crippen molar-refractivity contribution in [1.29, 1.82) is 0 Å². The van der Waals surface area contributed by atoms with Gasteiger partial charge in [-0.15, -0.1) is 0 Å². The molecule has 82 valence electrons. The molecule has 0 fully saturated rings. The summed E-state index contributed by atoms with van der Waals surface area (Å²) in [5, 5.41) is 1.74. The Bertz CT molecular complexity index is 662. The van der Waals surface area contributed by atoms with Gasteiger partial charge < -0.3 is 0 Å². The number of pyridine rings is 1. The topological polar surface area (TPSA) is 12.9 Å². The molecule has 0 aliphatic rings. The number of hydrogen-bond donors (Lipinski definition) is 0. The lowest BCUT2D eigenvalue weighted by molar-refractivity contribution is 1.41. The van der Waals surface area contributed by atoms with Gasteiger partial charge in [0.2, 0.25) is 0 Å². The lowest BCUT2D eigenvalue weighted by Crippen LogP contribution is -1.84. The summed E-state index contributed by atoms with van der Waals surface area (Å²) in [4.78, 5) is 4.43. The summed E-state index contributed by atoms with van der Waals surface area (Å²) in [6.45, 7) is 0. The van der Waals surface area contributed by atoms with Crippen LogP contribution in [0.1, 0.15) is 0 Å². The molecule has 0 atom stereocenters. The van der Waals surface area contributed by atoms with Crippen molar-refractivity contribution in [2.45, 2.75) is 0 Å². The van der Waals surface area contributed by atoms with E-state index in [2.05, 4.69) is 23.2 Å². The molecule has 3 rings (SSSR count). The van der Waals surface area contributed by atoms with Crippen LogP contribution >= 0.6 is 11.6 Å². The molecule has 0 aliphatic heterocycles. The lowest BCUT2D eigenvalue weighted by atomic mass is 10.0. The Morgan fingerprint density at radius 2 is 1.65 bits per heavy atom. The molecule has 0 spiro atoms. The second-order valence-corrected chi connectivity index (χ2v) is 4.27. The SMILES string of the molecule is Clc1ccnc2c(-c3ccccc3)cccc12. The Kier molecular flexibility index (Phi) is 2.54. The number of rotatable bonds is 1. The number of para-hydroxylation sites is 1. The minimum atomic E-state index is 0.743. The van der Waals surface area contributed by atoms with E-state index in [4.69, 9.17) is 11.6 Å². The first kappa shape index (κ1) is 10.3. The number of nitrogens with zero attached hydrogens (tertiary/aromatic N) is 1. The maximum atomic E-state index is 6.18. The van der Waals surface area contributed by atoms with E-state index >= 15 is 0 Å². The van der Waals surface area contributed by atoms with Gasteiger partial charge in [-0.1, -0.05) is 60.1 Å². The molecule has 0 saturated heterocycles. The molecule has 1 nitrogen and oxygen atoms in total. The van der Waals surface area contributed by atoms with Crippen molar-refractivity contribution in [3.63, 3.8) is 0 Å². The molecule has 0 N–H and O–H groups in total. The highest BCUT2D eigenvalue weighted by atomic mass is 35.5. The van der Waals surface area contributed by atoms with Gasteiger partial charge in [0.15, 0.2) is 0 Å². The van der Waals surface area contributed by atoms with Gasteiger partial charge >= 0.3 is 0 Å². The van der Waals surface area contributed by atoms with Crippen molar-refractivity contribution in [2.24, 2.45) is 0 Å². The van der Waals surface area contributed by atoms with Crippen LogP contribution in [0.15, 0.2) is 60.8 Å². The van der Waals surface area contributed by atoms with E-state index in [9.17, 15) is 0 Å². The van der Waals surface area contributed by atoms with Crippen LogP contribution in [0.2, 0.25) is 5.02 Å². The van der Waals surface area contributed by atoms with Crippen LogP contribution in [-0.2, 0) is 0 Å². The number of benzene rings is 2. The largest absolute Gasteiger partial charge is 0.255 e. The predicted octanol–water partition coefficient (Wildman–Crippen LogP) is 4.56. The molecule has 1 heterocycles. The fourth-order valence-electron chi connectivity index (χ4n) is 1.99. The number of halogens is 1. The maximum absolute atomic E-state index is 6.18. The van der Waals surface area contributed by atoms with Crippen LogP contribution in [0.25, 0.3) is 22.0 Å². The van der Waals surface area contributed by atoms with E-state index in [1.165, 1.54) is 0 Å². The molecule has 2 heteroatoms. The summed E-state index contributed by atoms with van der Waals surface area (Å²) in [6.07, 6.45) is 1.75. The molecule has 0 unspecified atom stereocenters. The molecule has 3 aromatic rings. The number of fused-ring (bicyclic) bond motifs is 1. The number of aromatic nitrogens is 1. The van der Waals surface area contributed by atoms with Crippen LogP contribution in [-0.4, -0.2) is 4.98 Å². The van der Waals surface area contributed by atoms with Crippen molar-refractivity contribution in [3.05, 3.63) is 65.8 Å². The van der Waals surface area contributed by atoms with Crippen molar-refractivity contribution >= 4 is 22.5 Å². The molecular formula is C15H10ClN. The Labute approximate surface area is 105 Å². The van der Waals surface area contributed by atoms with Crippen molar-refractivity contribution in [3.8, 4) is 11.1 Å². The third kappa shape index (κ3) is 1.79. The summed E-state index contributed by atoms with van der Waals surface area (Å²) in [5.74, 6) is 0. The summed E-state index contributed by atoms with van der Waals surface area (Å²) in [6, 6.07) is 18.1. The maximum Gasteiger partial charge on any atom is 0.0795 e. The molecule has 0 saturated carbocycles. The smallest absolute Gasteiger partial charge is 0.0795 e. The zero-order valence-corrected chi connectivity index (χ0v) is 9.85. The van der Waals surface area contributed by atoms with E-state index in [1.54, 1.807) is 6.20 Å². The molecule has 0 amide bonds. The van der Waals surface area contributed by atoms with Crippen LogP contribution in [0, 0.1) is 0 Å². The lowest BCUT2D eigenvalue weighted by Gasteiger charge is -2.06. The molecular weight excluding hydrogens is 230 g/mol. The quantitative estimate of drug-likeness (QED) is 0.607. The molecule has 0 bridgehead atoms. The Balaban J connectivity index is 2.35. The zero-order chi connectivity index (χ0) is 11.7. The summed E-state index contributed by atoms with van der Waals surface area (Å²) in [7, 11) is 0. The first-order valence-electron chi connectivity index (χ1n) is 5.45. The Hall–Kier alpha value is -1.86. The van der Waals surface area contributed by atoms with Crippen LogP contribution < -0.4 is 0 Å². The third-order valence-corrected chi connectivity index (χ3v) is 3.13. The second-order valence-electron chi connectivity index (χ2n) is 3.86. The van der Waals surface area contributed by atoms with Crippen LogP contribution in [0.3, 0.4) is 0 Å². The highest BCUT2D eigenvalue weighted by molar-refractivity contribution is 6.35. The van der Waals surface area contributed by atoms with E-state index < -0.39 is 0 Å². The molecule has 2 aromatic carbocycles. The highest BCUT2D eigenvalue weighted by Gasteiger charge is 2.06. The summed E-state index contributed by atoms with van der Waals surface area (Å²) < 4.78 is 0. The average Bonchev–Trinajstić information content (AvgIpc) is 2.40. The van der Waals surface area contributed by atoms with Gasteiger partial charge in [0.25, 0.3) is 0 Å². The molecule has 0 aliphatic carbocycles. The van der Waals surface area contributed by atoms with Gasteiger partial charge in [-0.25, -0.2) is 0 Å². The fourth-order valence-corrected chi connectivity index (χ4v) is 2.20. The van der Waals surface area contributed by atoms with Crippen molar-refractivity contribution in [2.75, 3.05) is 0 Å². The van der Waals surface area contributed by atoms with E-state index in [-0.39, 0.29) is 0 Å². The van der Waals surface area contributed by atoms with Crippen LogP contribution in [0.4, 0.5) is 0 Å². The van der Waals surface area contributed by atoms with Gasteiger partial charge in [-0.05, 0) is 11.6 Å². The first-order chi connectivity index (χ1) is 8.36. The van der Waals surface area contributed by atoms with Crippen LogP contribution in [0.5, 0.6) is 0 Å². The van der Waals surface area contributed by atoms with Gasteiger partial charge in [-0.2, -0.15) is 0 Å². The monoisotopic (exact) mass is 239 g/mol. The molecule has 0 radical (unpaired) electrons. The van der Waals surface area contributed by atoms with E-state index in [1.807, 2.05) is 36.4 Å². The van der Waals surface area contributed by atoms with Gasteiger partial charge in [0, 0.05) is 17.1 Å². The third-order valence-electron chi connectivity index (χ3n) is 2.80. The average molecular weight is 240 g/mol. The summed E-state index contributed by atoms with van der Waals surface area (Å²) >= 11 is 6.18. The van der Waals surface area contributed by atoms with Crippen molar-refractivity contribution in [1.82, 2.24) is 4.98 Å². The standard InChI is InChI=1S/C15H10ClN/c16-14-9-10-17-15-12(7-4-8-13(14)15)11-5-2-1-3-6-11/h1-10H. The minimum Gasteiger partial charge on any atom is -0.255 e. The van der Waals surface area contributed by atoms with Gasteiger partial charge in [0.1, 0.15) is 0 Å². The fraction of sp³-hybridized carbons (Fsp3) is 0. The highest BCUT2D eigenvalue weighted by Crippen LogP contribution is 2.30. The predicted molar refractivity (Wildman–Crippen MR) is 72.2 cm³/mol. The Morgan fingerprint density at radius 1 is 0.824 bits per heavy atom. The van der Waals surface area contributed by atoms with E-state index in [0.717, 1.165) is 27.1 Å². The van der Waals surface area contributed by atoms with Gasteiger partial charge in [-0.3, -0.25) is 4.98 Å². The normalized spacial score (nSPS) is 10.6. The minimum absolute atomic E-state index is 0.743. The zero-order valence-electron chi connectivity index (χ0n) is 9.10. The number of hydrogen-bond acceptors (Lipinski definition) is 1.